The van der Waals surface area contributed by atoms with Crippen LogP contribution >= 0.6 is 15.9 Å². The fourth-order valence-corrected chi connectivity index (χ4v) is 1.93. The van der Waals surface area contributed by atoms with Crippen LogP contribution < -0.4 is 0 Å². The van der Waals surface area contributed by atoms with Gasteiger partial charge >= 0.3 is 0 Å². The number of aromatic amines is 1. The molecule has 0 saturated carbocycles. The fourth-order valence-electron chi connectivity index (χ4n) is 1.50. The van der Waals surface area contributed by atoms with E-state index in [1.165, 1.54) is 6.07 Å². The van der Waals surface area contributed by atoms with E-state index in [-0.39, 0.29) is 5.82 Å². The van der Waals surface area contributed by atoms with Gasteiger partial charge < -0.3 is 4.98 Å². The van der Waals surface area contributed by atoms with Crippen molar-refractivity contribution in [2.75, 3.05) is 0 Å². The molecular weight excluding hydrogens is 233 g/mol. The monoisotopic (exact) mass is 241 g/mol. The molecule has 1 N–H and O–H groups in total. The second-order valence-electron chi connectivity index (χ2n) is 2.98. The van der Waals surface area contributed by atoms with Crippen molar-refractivity contribution < 1.29 is 4.39 Å². The SMILES string of the molecule is CCc1c[nH]c2c(F)cc(Br)cc12. The Hall–Kier alpha value is -0.830. The van der Waals surface area contributed by atoms with Gasteiger partial charge in [0.05, 0.1) is 5.52 Å². The Labute approximate surface area is 84.1 Å². The van der Waals surface area contributed by atoms with Gasteiger partial charge in [-0.15, -0.1) is 0 Å². The van der Waals surface area contributed by atoms with Crippen LogP contribution in [0.15, 0.2) is 22.8 Å². The standard InChI is InChI=1S/C10H9BrFN/c1-2-6-5-13-10-8(6)3-7(11)4-9(10)12/h3-5,13H,2H2,1H3. The van der Waals surface area contributed by atoms with Gasteiger partial charge in [0, 0.05) is 16.1 Å². The highest BCUT2D eigenvalue weighted by Gasteiger charge is 2.07. The Balaban J connectivity index is 2.82. The first-order valence-corrected chi connectivity index (χ1v) is 4.96. The summed E-state index contributed by atoms with van der Waals surface area (Å²) >= 11 is 3.28. The highest BCUT2D eigenvalue weighted by atomic mass is 79.9. The predicted molar refractivity (Wildman–Crippen MR) is 55.3 cm³/mol. The Morgan fingerprint density at radius 1 is 1.46 bits per heavy atom. The minimum absolute atomic E-state index is 0.205. The van der Waals surface area contributed by atoms with Crippen LogP contribution in [0.1, 0.15) is 12.5 Å². The number of hydrogen-bond donors (Lipinski definition) is 1. The van der Waals surface area contributed by atoms with Crippen LogP contribution in [0.4, 0.5) is 4.39 Å². The van der Waals surface area contributed by atoms with Crippen molar-refractivity contribution in [3.05, 3.63) is 34.2 Å². The van der Waals surface area contributed by atoms with Gasteiger partial charge in [0.2, 0.25) is 0 Å². The van der Waals surface area contributed by atoms with E-state index >= 15 is 0 Å². The van der Waals surface area contributed by atoms with Crippen molar-refractivity contribution in [2.24, 2.45) is 0 Å². The molecule has 13 heavy (non-hydrogen) atoms. The minimum atomic E-state index is -0.205. The van der Waals surface area contributed by atoms with E-state index < -0.39 is 0 Å². The topological polar surface area (TPSA) is 15.8 Å². The number of benzene rings is 1. The zero-order valence-electron chi connectivity index (χ0n) is 7.20. The Bertz CT molecular complexity index is 447. The summed E-state index contributed by atoms with van der Waals surface area (Å²) in [7, 11) is 0. The first-order chi connectivity index (χ1) is 6.22. The van der Waals surface area contributed by atoms with Crippen LogP contribution in [0.3, 0.4) is 0 Å². The summed E-state index contributed by atoms with van der Waals surface area (Å²) in [4.78, 5) is 2.94. The summed E-state index contributed by atoms with van der Waals surface area (Å²) in [6.45, 7) is 2.06. The Morgan fingerprint density at radius 2 is 2.23 bits per heavy atom. The Morgan fingerprint density at radius 3 is 2.92 bits per heavy atom. The van der Waals surface area contributed by atoms with Crippen LogP contribution in [-0.2, 0) is 6.42 Å². The molecule has 0 saturated heterocycles. The lowest BCUT2D eigenvalue weighted by Crippen LogP contribution is -1.79. The fraction of sp³-hybridized carbons (Fsp3) is 0.200. The summed E-state index contributed by atoms with van der Waals surface area (Å²) in [5.41, 5.74) is 1.75. The van der Waals surface area contributed by atoms with Crippen molar-refractivity contribution in [2.45, 2.75) is 13.3 Å². The third-order valence-electron chi connectivity index (χ3n) is 2.17. The normalized spacial score (nSPS) is 11.0. The first-order valence-electron chi connectivity index (χ1n) is 4.17. The number of fused-ring (bicyclic) bond motifs is 1. The predicted octanol–water partition coefficient (Wildman–Crippen LogP) is 3.63. The molecule has 3 heteroatoms. The molecule has 0 fully saturated rings. The largest absolute Gasteiger partial charge is 0.359 e. The minimum Gasteiger partial charge on any atom is -0.359 e. The number of rotatable bonds is 1. The quantitative estimate of drug-likeness (QED) is 0.785. The first kappa shape index (κ1) is 8.75. The van der Waals surface area contributed by atoms with Crippen molar-refractivity contribution in [3.63, 3.8) is 0 Å². The van der Waals surface area contributed by atoms with Crippen LogP contribution in [0.25, 0.3) is 10.9 Å². The third-order valence-corrected chi connectivity index (χ3v) is 2.63. The lowest BCUT2D eigenvalue weighted by molar-refractivity contribution is 0.636. The molecule has 1 aromatic heterocycles. The second-order valence-corrected chi connectivity index (χ2v) is 3.89. The Kier molecular flexibility index (Phi) is 2.12. The highest BCUT2D eigenvalue weighted by Crippen LogP contribution is 2.25. The molecule has 0 unspecified atom stereocenters. The van der Waals surface area contributed by atoms with Crippen molar-refractivity contribution in [3.8, 4) is 0 Å². The van der Waals surface area contributed by atoms with Crippen molar-refractivity contribution in [1.29, 1.82) is 0 Å². The van der Waals surface area contributed by atoms with Crippen LogP contribution in [0.5, 0.6) is 0 Å². The number of aromatic nitrogens is 1. The van der Waals surface area contributed by atoms with Gasteiger partial charge in [-0.3, -0.25) is 0 Å². The van der Waals surface area contributed by atoms with E-state index in [1.54, 1.807) is 0 Å². The molecule has 0 bridgehead atoms. The van der Waals surface area contributed by atoms with E-state index in [9.17, 15) is 4.39 Å². The van der Waals surface area contributed by atoms with Gasteiger partial charge in [0.15, 0.2) is 0 Å². The van der Waals surface area contributed by atoms with Crippen LogP contribution in [0, 0.1) is 5.82 Å². The molecule has 0 spiro atoms. The van der Waals surface area contributed by atoms with Crippen molar-refractivity contribution in [1.82, 2.24) is 4.98 Å². The molecule has 2 rings (SSSR count). The van der Waals surface area contributed by atoms with E-state index in [2.05, 4.69) is 27.8 Å². The molecule has 0 amide bonds. The lowest BCUT2D eigenvalue weighted by Gasteiger charge is -1.96. The van der Waals surface area contributed by atoms with Gasteiger partial charge in [0.25, 0.3) is 0 Å². The summed E-state index contributed by atoms with van der Waals surface area (Å²) in [6, 6.07) is 3.41. The number of halogens is 2. The zero-order chi connectivity index (χ0) is 9.42. The van der Waals surface area contributed by atoms with Gasteiger partial charge in [-0.25, -0.2) is 4.39 Å². The molecule has 0 aliphatic rings. The number of hydrogen-bond acceptors (Lipinski definition) is 0. The number of nitrogens with one attached hydrogen (secondary N) is 1. The van der Waals surface area contributed by atoms with Crippen LogP contribution in [0.2, 0.25) is 0 Å². The molecule has 0 aliphatic heterocycles. The molecular formula is C10H9BrFN. The van der Waals surface area contributed by atoms with Gasteiger partial charge in [-0.05, 0) is 24.1 Å². The van der Waals surface area contributed by atoms with Crippen LogP contribution in [-0.4, -0.2) is 4.98 Å². The molecule has 0 aliphatic carbocycles. The van der Waals surface area contributed by atoms with E-state index in [1.807, 2.05) is 12.3 Å². The number of H-pyrrole nitrogens is 1. The number of aryl methyl sites for hydroxylation is 1. The van der Waals surface area contributed by atoms with E-state index in [4.69, 9.17) is 0 Å². The van der Waals surface area contributed by atoms with Gasteiger partial charge in [-0.2, -0.15) is 0 Å². The highest BCUT2D eigenvalue weighted by molar-refractivity contribution is 9.10. The summed E-state index contributed by atoms with van der Waals surface area (Å²) in [5, 5.41) is 0.967. The zero-order valence-corrected chi connectivity index (χ0v) is 8.78. The lowest BCUT2D eigenvalue weighted by atomic mass is 10.1. The van der Waals surface area contributed by atoms with E-state index in [0.29, 0.717) is 5.52 Å². The molecule has 1 aromatic carbocycles. The van der Waals surface area contributed by atoms with E-state index in [0.717, 1.165) is 21.8 Å². The molecule has 1 heterocycles. The molecule has 0 radical (unpaired) electrons. The van der Waals surface area contributed by atoms with Gasteiger partial charge in [-0.1, -0.05) is 22.9 Å². The molecule has 68 valence electrons. The van der Waals surface area contributed by atoms with Gasteiger partial charge in [0.1, 0.15) is 5.82 Å². The summed E-state index contributed by atoms with van der Waals surface area (Å²) in [5.74, 6) is -0.205. The summed E-state index contributed by atoms with van der Waals surface area (Å²) in [6.07, 6.45) is 2.77. The molecule has 1 nitrogen and oxygen atoms in total. The molecule has 2 aromatic rings. The van der Waals surface area contributed by atoms with Crippen molar-refractivity contribution >= 4 is 26.8 Å². The third kappa shape index (κ3) is 1.37. The summed E-state index contributed by atoms with van der Waals surface area (Å²) < 4.78 is 14.1. The second kappa shape index (κ2) is 3.14. The maximum atomic E-state index is 13.3. The molecule has 0 atom stereocenters. The average molecular weight is 242 g/mol. The maximum absolute atomic E-state index is 13.3. The smallest absolute Gasteiger partial charge is 0.148 e. The maximum Gasteiger partial charge on any atom is 0.148 e. The average Bonchev–Trinajstić information content (AvgIpc) is 2.47.